The van der Waals surface area contributed by atoms with Crippen molar-refractivity contribution in [1.29, 1.82) is 0 Å². The summed E-state index contributed by atoms with van der Waals surface area (Å²) in [6.07, 6.45) is -0.691. The molecule has 178 valence electrons. The number of aryl methyl sites for hydroxylation is 3. The van der Waals surface area contributed by atoms with Gasteiger partial charge in [0.2, 0.25) is 5.91 Å². The van der Waals surface area contributed by atoms with Gasteiger partial charge in [0.1, 0.15) is 17.7 Å². The van der Waals surface area contributed by atoms with Gasteiger partial charge in [-0.2, -0.15) is 0 Å². The second-order valence-electron chi connectivity index (χ2n) is 9.44. The average Bonchev–Trinajstić information content (AvgIpc) is 2.67. The zero-order chi connectivity index (χ0) is 24.9. The Balaban J connectivity index is 2.34. The number of anilines is 1. The van der Waals surface area contributed by atoms with Gasteiger partial charge >= 0.3 is 6.09 Å². The predicted octanol–water partition coefficient (Wildman–Crippen LogP) is 4.66. The molecule has 2 unspecified atom stereocenters. The van der Waals surface area contributed by atoms with Crippen LogP contribution in [0.15, 0.2) is 42.5 Å². The van der Waals surface area contributed by atoms with Gasteiger partial charge in [0.05, 0.1) is 0 Å². The summed E-state index contributed by atoms with van der Waals surface area (Å²) in [6.45, 7) is 12.6. The fraction of sp³-hybridized carbons (Fsp3) is 0.423. The average molecular weight is 454 g/mol. The molecular weight excluding hydrogens is 418 g/mol. The first-order valence-electron chi connectivity index (χ1n) is 11.0. The van der Waals surface area contributed by atoms with Crippen molar-refractivity contribution in [1.82, 2.24) is 10.2 Å². The van der Waals surface area contributed by atoms with Crippen molar-refractivity contribution < 1.29 is 19.1 Å². The number of alkyl carbamates (subject to hydrolysis) is 1. The van der Waals surface area contributed by atoms with Gasteiger partial charge in [0.15, 0.2) is 0 Å². The third-order valence-electron chi connectivity index (χ3n) is 5.05. The summed E-state index contributed by atoms with van der Waals surface area (Å²) in [5, 5.41) is 5.51. The molecule has 3 amide bonds. The Morgan fingerprint density at radius 3 is 2.09 bits per heavy atom. The normalized spacial score (nSPS) is 13.0. The first kappa shape index (κ1) is 25.9. The van der Waals surface area contributed by atoms with Crippen LogP contribution in [0.3, 0.4) is 0 Å². The van der Waals surface area contributed by atoms with Crippen LogP contribution in [-0.2, 0) is 14.3 Å². The van der Waals surface area contributed by atoms with E-state index >= 15 is 0 Å². The maximum Gasteiger partial charge on any atom is 0.408 e. The number of amides is 3. The summed E-state index contributed by atoms with van der Waals surface area (Å²) in [4.78, 5) is 40.2. The number of para-hydroxylation sites is 1. The lowest BCUT2D eigenvalue weighted by Crippen LogP contribution is -2.49. The smallest absolute Gasteiger partial charge is 0.408 e. The van der Waals surface area contributed by atoms with Crippen molar-refractivity contribution in [3.05, 3.63) is 64.7 Å². The van der Waals surface area contributed by atoms with Crippen LogP contribution < -0.4 is 10.6 Å². The number of nitrogens with one attached hydrogen (secondary N) is 2. The number of benzene rings is 2. The van der Waals surface area contributed by atoms with Gasteiger partial charge in [-0.3, -0.25) is 9.59 Å². The summed E-state index contributed by atoms with van der Waals surface area (Å²) in [6, 6.07) is 11.5. The second-order valence-corrected chi connectivity index (χ2v) is 9.44. The Hall–Kier alpha value is -3.35. The summed E-state index contributed by atoms with van der Waals surface area (Å²) in [5.41, 5.74) is 3.57. The van der Waals surface area contributed by atoms with Crippen LogP contribution in [-0.4, -0.2) is 41.5 Å². The van der Waals surface area contributed by atoms with Crippen LogP contribution in [0.4, 0.5) is 10.5 Å². The number of ether oxygens (including phenoxy) is 1. The molecule has 0 aliphatic heterocycles. The topological polar surface area (TPSA) is 87.7 Å². The second kappa shape index (κ2) is 10.5. The number of nitrogens with zero attached hydrogens (tertiary/aromatic N) is 1. The van der Waals surface area contributed by atoms with Gasteiger partial charge in [0.25, 0.3) is 5.91 Å². The molecule has 0 spiro atoms. The lowest BCUT2D eigenvalue weighted by molar-refractivity contribution is -0.138. The van der Waals surface area contributed by atoms with E-state index in [9.17, 15) is 14.4 Å². The fourth-order valence-electron chi connectivity index (χ4n) is 3.61. The molecule has 0 fully saturated rings. The molecule has 2 aromatic rings. The summed E-state index contributed by atoms with van der Waals surface area (Å²) < 4.78 is 5.25. The Morgan fingerprint density at radius 2 is 1.55 bits per heavy atom. The number of hydrogen-bond acceptors (Lipinski definition) is 4. The van der Waals surface area contributed by atoms with E-state index in [1.54, 1.807) is 34.7 Å². The fourth-order valence-corrected chi connectivity index (χ4v) is 3.61. The monoisotopic (exact) mass is 453 g/mol. The number of carbonyl (C=O) groups excluding carboxylic acids is 3. The highest BCUT2D eigenvalue weighted by Gasteiger charge is 2.32. The molecule has 2 atom stereocenters. The molecule has 7 nitrogen and oxygen atoms in total. The quantitative estimate of drug-likeness (QED) is 0.666. The highest BCUT2D eigenvalue weighted by molar-refractivity contribution is 5.99. The van der Waals surface area contributed by atoms with Gasteiger partial charge < -0.3 is 20.3 Å². The van der Waals surface area contributed by atoms with E-state index in [4.69, 9.17) is 4.74 Å². The Kier molecular flexibility index (Phi) is 8.25. The molecule has 0 aliphatic carbocycles. The van der Waals surface area contributed by atoms with Crippen LogP contribution in [0.1, 0.15) is 56.0 Å². The third kappa shape index (κ3) is 7.34. The molecule has 0 heterocycles. The first-order chi connectivity index (χ1) is 15.3. The van der Waals surface area contributed by atoms with Crippen LogP contribution in [0.25, 0.3) is 0 Å². The zero-order valence-corrected chi connectivity index (χ0v) is 20.8. The minimum absolute atomic E-state index is 0.338. The van der Waals surface area contributed by atoms with E-state index in [2.05, 4.69) is 10.6 Å². The van der Waals surface area contributed by atoms with Gasteiger partial charge in [0, 0.05) is 12.7 Å². The van der Waals surface area contributed by atoms with Gasteiger partial charge in [-0.15, -0.1) is 0 Å². The largest absolute Gasteiger partial charge is 0.444 e. The predicted molar refractivity (Wildman–Crippen MR) is 130 cm³/mol. The summed E-state index contributed by atoms with van der Waals surface area (Å²) >= 11 is 0. The molecule has 7 heteroatoms. The van der Waals surface area contributed by atoms with Crippen molar-refractivity contribution in [3.8, 4) is 0 Å². The molecule has 2 N–H and O–H groups in total. The lowest BCUT2D eigenvalue weighted by Gasteiger charge is -2.31. The number of hydrogen-bond donors (Lipinski definition) is 2. The number of carbonyl (C=O) groups is 3. The molecule has 0 bridgehead atoms. The molecule has 0 aliphatic rings. The minimum Gasteiger partial charge on any atom is -0.444 e. The van der Waals surface area contributed by atoms with Crippen molar-refractivity contribution in [3.63, 3.8) is 0 Å². The van der Waals surface area contributed by atoms with Crippen LogP contribution in [0, 0.1) is 20.8 Å². The molecule has 0 radical (unpaired) electrons. The van der Waals surface area contributed by atoms with Gasteiger partial charge in [-0.1, -0.05) is 47.5 Å². The Bertz CT molecular complexity index is 1010. The molecule has 2 rings (SSSR count). The van der Waals surface area contributed by atoms with Gasteiger partial charge in [-0.25, -0.2) is 4.79 Å². The first-order valence-corrected chi connectivity index (χ1v) is 11.0. The van der Waals surface area contributed by atoms with E-state index in [0.29, 0.717) is 11.3 Å². The number of likely N-dealkylation sites (N-methyl/N-ethyl adjacent to an activating group) is 1. The van der Waals surface area contributed by atoms with Crippen molar-refractivity contribution in [2.24, 2.45) is 0 Å². The molecule has 0 saturated heterocycles. The highest BCUT2D eigenvalue weighted by atomic mass is 16.6. The van der Waals surface area contributed by atoms with E-state index < -0.39 is 29.7 Å². The van der Waals surface area contributed by atoms with E-state index in [0.717, 1.165) is 16.7 Å². The van der Waals surface area contributed by atoms with E-state index in [-0.39, 0.29) is 5.91 Å². The Morgan fingerprint density at radius 1 is 0.970 bits per heavy atom. The highest BCUT2D eigenvalue weighted by Crippen LogP contribution is 2.26. The van der Waals surface area contributed by atoms with Crippen LogP contribution in [0.2, 0.25) is 0 Å². The van der Waals surface area contributed by atoms with E-state index in [1.807, 2.05) is 63.2 Å². The molecule has 33 heavy (non-hydrogen) atoms. The van der Waals surface area contributed by atoms with Crippen LogP contribution in [0.5, 0.6) is 0 Å². The summed E-state index contributed by atoms with van der Waals surface area (Å²) in [7, 11) is 1.56. The number of rotatable bonds is 6. The Labute approximate surface area is 196 Å². The van der Waals surface area contributed by atoms with E-state index in [1.165, 1.54) is 4.90 Å². The standard InChI is InChI=1S/C26H35N3O4/c1-16-13-17(2)15-20(14-16)22(23(30)28-21-12-10-9-11-18(21)3)29(8)24(31)19(4)27-25(32)33-26(5,6)7/h9-15,19,22H,1-8H3,(H,27,32)(H,28,30). The van der Waals surface area contributed by atoms with Crippen molar-refractivity contribution in [2.45, 2.75) is 66.2 Å². The molecular formula is C26H35N3O4. The third-order valence-corrected chi connectivity index (χ3v) is 5.05. The van der Waals surface area contributed by atoms with Crippen molar-refractivity contribution in [2.75, 3.05) is 12.4 Å². The maximum atomic E-state index is 13.4. The molecule has 2 aromatic carbocycles. The maximum absolute atomic E-state index is 13.4. The zero-order valence-electron chi connectivity index (χ0n) is 20.8. The van der Waals surface area contributed by atoms with Gasteiger partial charge in [-0.05, 0) is 65.7 Å². The van der Waals surface area contributed by atoms with Crippen LogP contribution >= 0.6 is 0 Å². The lowest BCUT2D eigenvalue weighted by atomic mass is 9.99. The molecule has 0 aromatic heterocycles. The SMILES string of the molecule is Cc1cc(C)cc(C(C(=O)Nc2ccccc2C)N(C)C(=O)C(C)NC(=O)OC(C)(C)C)c1. The molecule has 0 saturated carbocycles. The van der Waals surface area contributed by atoms with Crippen molar-refractivity contribution >= 4 is 23.6 Å². The summed E-state index contributed by atoms with van der Waals surface area (Å²) in [5.74, 6) is -0.750. The minimum atomic E-state index is -0.890.